The van der Waals surface area contributed by atoms with Gasteiger partial charge in [-0.2, -0.15) is 0 Å². The lowest BCUT2D eigenvalue weighted by atomic mass is 9.87. The molecule has 0 radical (unpaired) electrons. The molecular formula is C16H22F3NO. The number of halogens is 3. The summed E-state index contributed by atoms with van der Waals surface area (Å²) in [4.78, 5) is 0. The molecule has 0 saturated heterocycles. The van der Waals surface area contributed by atoms with Gasteiger partial charge in [0.05, 0.1) is 0 Å². The maximum atomic E-state index is 12.1. The third-order valence-electron chi connectivity index (χ3n) is 4.12. The molecule has 5 heteroatoms. The molecule has 0 spiro atoms. The minimum atomic E-state index is -4.63. The Labute approximate surface area is 123 Å². The summed E-state index contributed by atoms with van der Waals surface area (Å²) in [6.45, 7) is 4.32. The SMILES string of the molecule is CC1CCC(NC(C)c2ccc(OC(F)(F)F)cc2)CC1. The van der Waals surface area contributed by atoms with Crippen LogP contribution in [0.3, 0.4) is 0 Å². The molecule has 0 aliphatic heterocycles. The highest BCUT2D eigenvalue weighted by Gasteiger charge is 2.31. The first-order chi connectivity index (χ1) is 9.83. The summed E-state index contributed by atoms with van der Waals surface area (Å²) in [5.41, 5.74) is 0.975. The van der Waals surface area contributed by atoms with E-state index in [1.165, 1.54) is 37.8 Å². The van der Waals surface area contributed by atoms with E-state index >= 15 is 0 Å². The van der Waals surface area contributed by atoms with Crippen LogP contribution in [-0.4, -0.2) is 12.4 Å². The smallest absolute Gasteiger partial charge is 0.406 e. The van der Waals surface area contributed by atoms with Crippen LogP contribution in [0, 0.1) is 5.92 Å². The summed E-state index contributed by atoms with van der Waals surface area (Å²) in [5, 5.41) is 3.56. The quantitative estimate of drug-likeness (QED) is 0.861. The Balaban J connectivity index is 1.89. The maximum Gasteiger partial charge on any atom is 0.573 e. The molecule has 0 bridgehead atoms. The second kappa shape index (κ2) is 6.69. The minimum absolute atomic E-state index is 0.128. The Morgan fingerprint density at radius 2 is 1.67 bits per heavy atom. The lowest BCUT2D eigenvalue weighted by molar-refractivity contribution is -0.274. The van der Waals surface area contributed by atoms with Gasteiger partial charge in [-0.25, -0.2) is 0 Å². The summed E-state index contributed by atoms with van der Waals surface area (Å²) < 4.78 is 40.2. The number of alkyl halides is 3. The van der Waals surface area contributed by atoms with E-state index in [1.807, 2.05) is 6.92 Å². The van der Waals surface area contributed by atoms with Crippen LogP contribution in [0.15, 0.2) is 24.3 Å². The molecule has 1 N–H and O–H groups in total. The number of nitrogens with one attached hydrogen (secondary N) is 1. The van der Waals surface area contributed by atoms with Crippen LogP contribution >= 0.6 is 0 Å². The third kappa shape index (κ3) is 5.23. The predicted molar refractivity (Wildman–Crippen MR) is 76.1 cm³/mol. The molecule has 2 rings (SSSR count). The fraction of sp³-hybridized carbons (Fsp3) is 0.625. The summed E-state index contributed by atoms with van der Waals surface area (Å²) in [5.74, 6) is 0.627. The minimum Gasteiger partial charge on any atom is -0.406 e. The first-order valence-corrected chi connectivity index (χ1v) is 7.45. The molecule has 118 valence electrons. The molecule has 1 fully saturated rings. The molecule has 2 nitrogen and oxygen atoms in total. The van der Waals surface area contributed by atoms with Gasteiger partial charge in [0.1, 0.15) is 5.75 Å². The van der Waals surface area contributed by atoms with E-state index in [9.17, 15) is 13.2 Å². The van der Waals surface area contributed by atoms with Crippen molar-refractivity contribution in [2.24, 2.45) is 5.92 Å². The van der Waals surface area contributed by atoms with Crippen molar-refractivity contribution >= 4 is 0 Å². The summed E-state index contributed by atoms with van der Waals surface area (Å²) >= 11 is 0. The van der Waals surface area contributed by atoms with E-state index in [0.29, 0.717) is 6.04 Å². The first kappa shape index (κ1) is 16.1. The topological polar surface area (TPSA) is 21.3 Å². The Morgan fingerprint density at radius 1 is 1.10 bits per heavy atom. The van der Waals surface area contributed by atoms with Gasteiger partial charge in [0.15, 0.2) is 0 Å². The van der Waals surface area contributed by atoms with Gasteiger partial charge >= 0.3 is 6.36 Å². The lowest BCUT2D eigenvalue weighted by Gasteiger charge is -2.29. The second-order valence-electron chi connectivity index (χ2n) is 5.96. The van der Waals surface area contributed by atoms with Crippen LogP contribution in [0.2, 0.25) is 0 Å². The van der Waals surface area contributed by atoms with Crippen molar-refractivity contribution in [2.75, 3.05) is 0 Å². The first-order valence-electron chi connectivity index (χ1n) is 7.45. The summed E-state index contributed by atoms with van der Waals surface area (Å²) in [6.07, 6.45) is 0.178. The number of benzene rings is 1. The van der Waals surface area contributed by atoms with Gasteiger partial charge in [0, 0.05) is 12.1 Å². The van der Waals surface area contributed by atoms with Gasteiger partial charge in [0.2, 0.25) is 0 Å². The molecule has 1 unspecified atom stereocenters. The zero-order valence-corrected chi connectivity index (χ0v) is 12.4. The van der Waals surface area contributed by atoms with Crippen molar-refractivity contribution in [2.45, 2.75) is 58.0 Å². The van der Waals surface area contributed by atoms with E-state index in [0.717, 1.165) is 11.5 Å². The van der Waals surface area contributed by atoms with Crippen molar-refractivity contribution in [3.05, 3.63) is 29.8 Å². The highest BCUT2D eigenvalue weighted by atomic mass is 19.4. The largest absolute Gasteiger partial charge is 0.573 e. The zero-order chi connectivity index (χ0) is 15.5. The van der Waals surface area contributed by atoms with Crippen molar-refractivity contribution in [3.8, 4) is 5.75 Å². The van der Waals surface area contributed by atoms with Crippen molar-refractivity contribution < 1.29 is 17.9 Å². The summed E-state index contributed by atoms with van der Waals surface area (Å²) in [6, 6.07) is 6.73. The van der Waals surface area contributed by atoms with E-state index in [2.05, 4.69) is 17.0 Å². The van der Waals surface area contributed by atoms with Crippen molar-refractivity contribution in [1.82, 2.24) is 5.32 Å². The molecule has 0 aromatic heterocycles. The molecule has 0 amide bonds. The van der Waals surface area contributed by atoms with Crippen LogP contribution in [-0.2, 0) is 0 Å². The molecule has 1 atom stereocenters. The lowest BCUT2D eigenvalue weighted by Crippen LogP contribution is -2.34. The van der Waals surface area contributed by atoms with Gasteiger partial charge in [-0.1, -0.05) is 19.1 Å². The zero-order valence-electron chi connectivity index (χ0n) is 12.4. The number of ether oxygens (including phenoxy) is 1. The number of hydrogen-bond acceptors (Lipinski definition) is 2. The standard InChI is InChI=1S/C16H22F3NO/c1-11-3-7-14(8-4-11)20-12(2)13-5-9-15(10-6-13)21-16(17,18)19/h5-6,9-12,14,20H,3-4,7-8H2,1-2H3. The van der Waals surface area contributed by atoms with Crippen LogP contribution in [0.5, 0.6) is 5.75 Å². The fourth-order valence-corrected chi connectivity index (χ4v) is 2.83. The average molecular weight is 301 g/mol. The number of hydrogen-bond donors (Lipinski definition) is 1. The monoisotopic (exact) mass is 301 g/mol. The Bertz CT molecular complexity index is 436. The molecule has 0 heterocycles. The molecule has 1 aromatic rings. The maximum absolute atomic E-state index is 12.1. The van der Waals surface area contributed by atoms with E-state index in [-0.39, 0.29) is 11.8 Å². The Kier molecular flexibility index (Phi) is 5.14. The van der Waals surface area contributed by atoms with Crippen LogP contribution in [0.4, 0.5) is 13.2 Å². The highest BCUT2D eigenvalue weighted by Crippen LogP contribution is 2.27. The van der Waals surface area contributed by atoms with E-state index in [4.69, 9.17) is 0 Å². The van der Waals surface area contributed by atoms with Crippen LogP contribution in [0.1, 0.15) is 51.1 Å². The number of rotatable bonds is 4. The highest BCUT2D eigenvalue weighted by molar-refractivity contribution is 5.29. The van der Waals surface area contributed by atoms with Gasteiger partial charge in [-0.15, -0.1) is 13.2 Å². The normalized spacial score (nSPS) is 24.6. The molecule has 1 aliphatic carbocycles. The predicted octanol–water partition coefficient (Wildman–Crippen LogP) is 4.81. The molecule has 1 saturated carbocycles. The van der Waals surface area contributed by atoms with Crippen molar-refractivity contribution in [3.63, 3.8) is 0 Å². The van der Waals surface area contributed by atoms with Crippen molar-refractivity contribution in [1.29, 1.82) is 0 Å². The van der Waals surface area contributed by atoms with Gasteiger partial charge in [-0.3, -0.25) is 0 Å². The average Bonchev–Trinajstić information content (AvgIpc) is 2.40. The molecule has 1 aliphatic rings. The summed E-state index contributed by atoms with van der Waals surface area (Å²) in [7, 11) is 0. The van der Waals surface area contributed by atoms with Crippen LogP contribution < -0.4 is 10.1 Å². The second-order valence-corrected chi connectivity index (χ2v) is 5.96. The Morgan fingerprint density at radius 3 is 2.19 bits per heavy atom. The van der Waals surface area contributed by atoms with Gasteiger partial charge in [0.25, 0.3) is 0 Å². The van der Waals surface area contributed by atoms with Gasteiger partial charge < -0.3 is 10.1 Å². The van der Waals surface area contributed by atoms with E-state index in [1.54, 1.807) is 12.1 Å². The molecule has 1 aromatic carbocycles. The fourth-order valence-electron chi connectivity index (χ4n) is 2.83. The van der Waals surface area contributed by atoms with Crippen LogP contribution in [0.25, 0.3) is 0 Å². The van der Waals surface area contributed by atoms with E-state index < -0.39 is 6.36 Å². The molecule has 21 heavy (non-hydrogen) atoms. The third-order valence-corrected chi connectivity index (χ3v) is 4.12. The Hall–Kier alpha value is -1.23. The van der Waals surface area contributed by atoms with Gasteiger partial charge in [-0.05, 0) is 56.2 Å². The molecular weight excluding hydrogens is 279 g/mol.